The fraction of sp³-hybridized carbons (Fsp3) is 0.250. The van der Waals surface area contributed by atoms with Crippen LogP contribution < -0.4 is 15.4 Å². The molecule has 1 atom stereocenters. The first kappa shape index (κ1) is 26.4. The summed E-state index contributed by atoms with van der Waals surface area (Å²) in [6.07, 6.45) is 0. The molecule has 0 saturated carbocycles. The van der Waals surface area contributed by atoms with Gasteiger partial charge in [-0.3, -0.25) is 10.1 Å². The van der Waals surface area contributed by atoms with Gasteiger partial charge in [0.25, 0.3) is 5.91 Å². The van der Waals surface area contributed by atoms with Gasteiger partial charge in [-0.2, -0.15) is 17.8 Å². The molecule has 0 radical (unpaired) electrons. The highest BCUT2D eigenvalue weighted by Crippen LogP contribution is 2.28. The average Bonchev–Trinajstić information content (AvgIpc) is 3.38. The van der Waals surface area contributed by atoms with Crippen molar-refractivity contribution in [3.05, 3.63) is 84.1 Å². The predicted octanol–water partition coefficient (Wildman–Crippen LogP) is 4.53. The standard InChI is InChI=1S/C28H30N6O4S/c1-18-26(35)32-39(37,38)33(18)17-19-9-7-12-21(15-19)34-25(16-24(31-34)28(2,3)4)30-27(36)29-23-14-8-11-20-10-5-6-13-22(20)23/h5-16,18H,17H2,1-4H3,(H,32,35)(H2,29,30,36). The molecule has 1 fully saturated rings. The highest BCUT2D eigenvalue weighted by atomic mass is 32.2. The van der Waals surface area contributed by atoms with Crippen LogP contribution in [0.5, 0.6) is 0 Å². The molecule has 3 aromatic carbocycles. The van der Waals surface area contributed by atoms with Crippen LogP contribution in [-0.4, -0.2) is 40.5 Å². The Morgan fingerprint density at radius 2 is 1.72 bits per heavy atom. The molecule has 3 N–H and O–H groups in total. The van der Waals surface area contributed by atoms with Crippen molar-refractivity contribution in [2.24, 2.45) is 0 Å². The van der Waals surface area contributed by atoms with Crippen LogP contribution in [0.1, 0.15) is 39.0 Å². The number of anilines is 2. The number of urea groups is 1. The monoisotopic (exact) mass is 546 g/mol. The van der Waals surface area contributed by atoms with Crippen molar-refractivity contribution in [3.63, 3.8) is 0 Å². The third kappa shape index (κ3) is 5.36. The number of nitrogens with zero attached hydrogens (tertiary/aromatic N) is 3. The quantitative estimate of drug-likeness (QED) is 0.339. The van der Waals surface area contributed by atoms with Gasteiger partial charge in [0.1, 0.15) is 11.9 Å². The maximum atomic E-state index is 13.1. The smallest absolute Gasteiger partial charge is 0.307 e. The maximum Gasteiger partial charge on any atom is 0.324 e. The molecule has 1 aromatic heterocycles. The number of aromatic nitrogens is 2. The molecule has 5 rings (SSSR count). The van der Waals surface area contributed by atoms with Gasteiger partial charge in [0.2, 0.25) is 0 Å². The molecule has 39 heavy (non-hydrogen) atoms. The largest absolute Gasteiger partial charge is 0.324 e. The number of rotatable bonds is 5. The second kappa shape index (κ2) is 9.83. The minimum atomic E-state index is -3.90. The predicted molar refractivity (Wildman–Crippen MR) is 151 cm³/mol. The fourth-order valence-corrected chi connectivity index (χ4v) is 5.81. The van der Waals surface area contributed by atoms with Crippen LogP contribution in [-0.2, 0) is 27.0 Å². The number of benzene rings is 3. The third-order valence-electron chi connectivity index (χ3n) is 6.60. The summed E-state index contributed by atoms with van der Waals surface area (Å²) in [5, 5.41) is 12.6. The summed E-state index contributed by atoms with van der Waals surface area (Å²) in [7, 11) is -3.90. The minimum absolute atomic E-state index is 0.00774. The maximum absolute atomic E-state index is 13.1. The zero-order valence-electron chi connectivity index (χ0n) is 22.1. The lowest BCUT2D eigenvalue weighted by Crippen LogP contribution is -2.33. The van der Waals surface area contributed by atoms with Gasteiger partial charge in [-0.05, 0) is 36.1 Å². The Morgan fingerprint density at radius 3 is 2.44 bits per heavy atom. The van der Waals surface area contributed by atoms with Crippen molar-refractivity contribution in [1.29, 1.82) is 0 Å². The van der Waals surface area contributed by atoms with E-state index in [2.05, 4.69) is 10.6 Å². The van der Waals surface area contributed by atoms with Gasteiger partial charge in [-0.25, -0.2) is 14.2 Å². The van der Waals surface area contributed by atoms with Crippen molar-refractivity contribution < 1.29 is 18.0 Å². The lowest BCUT2D eigenvalue weighted by atomic mass is 9.92. The summed E-state index contributed by atoms with van der Waals surface area (Å²) < 4.78 is 29.5. The molecule has 0 bridgehead atoms. The van der Waals surface area contributed by atoms with Crippen LogP contribution in [0, 0.1) is 0 Å². The molecule has 4 aromatic rings. The molecule has 1 aliphatic rings. The van der Waals surface area contributed by atoms with Crippen molar-refractivity contribution in [1.82, 2.24) is 18.8 Å². The Hall–Kier alpha value is -4.22. The molecule has 0 aliphatic carbocycles. The number of fused-ring (bicyclic) bond motifs is 1. The third-order valence-corrected chi connectivity index (χ3v) is 8.12. The Balaban J connectivity index is 1.45. The summed E-state index contributed by atoms with van der Waals surface area (Å²) in [6, 6.07) is 21.3. The zero-order valence-corrected chi connectivity index (χ0v) is 22.9. The van der Waals surface area contributed by atoms with Gasteiger partial charge in [-0.15, -0.1) is 0 Å². The summed E-state index contributed by atoms with van der Waals surface area (Å²) in [4.78, 5) is 25.1. The first-order valence-electron chi connectivity index (χ1n) is 12.5. The molecule has 11 heteroatoms. The molecule has 10 nitrogen and oxygen atoms in total. The summed E-state index contributed by atoms with van der Waals surface area (Å²) in [5.41, 5.74) is 2.44. The van der Waals surface area contributed by atoms with Gasteiger partial charge >= 0.3 is 16.2 Å². The molecule has 1 aliphatic heterocycles. The number of amides is 3. The van der Waals surface area contributed by atoms with E-state index in [0.29, 0.717) is 22.8 Å². The lowest BCUT2D eigenvalue weighted by molar-refractivity contribution is -0.121. The van der Waals surface area contributed by atoms with E-state index in [1.807, 2.05) is 80.1 Å². The number of hydrogen-bond donors (Lipinski definition) is 3. The van der Waals surface area contributed by atoms with Gasteiger partial charge in [0.15, 0.2) is 0 Å². The molecule has 1 unspecified atom stereocenters. The molecule has 3 amide bonds. The van der Waals surface area contributed by atoms with Crippen LogP contribution in [0.2, 0.25) is 0 Å². The Bertz CT molecular complexity index is 1680. The number of hydrogen-bond acceptors (Lipinski definition) is 5. The van der Waals surface area contributed by atoms with E-state index in [4.69, 9.17) is 5.10 Å². The van der Waals surface area contributed by atoms with Gasteiger partial charge < -0.3 is 5.32 Å². The Morgan fingerprint density at radius 1 is 1.00 bits per heavy atom. The van der Waals surface area contributed by atoms with E-state index >= 15 is 0 Å². The van der Waals surface area contributed by atoms with Crippen LogP contribution >= 0.6 is 0 Å². The number of carbonyl (C=O) groups is 2. The van der Waals surface area contributed by atoms with Crippen LogP contribution in [0.15, 0.2) is 72.8 Å². The zero-order chi connectivity index (χ0) is 27.9. The highest BCUT2D eigenvalue weighted by molar-refractivity contribution is 7.88. The SMILES string of the molecule is CC1C(=O)NS(=O)(=O)N1Cc1cccc(-n2nc(C(C)(C)C)cc2NC(=O)Nc2cccc3ccccc23)c1. The molecule has 1 saturated heterocycles. The van der Waals surface area contributed by atoms with Crippen molar-refractivity contribution in [3.8, 4) is 5.69 Å². The Labute approximate surface area is 227 Å². The molecular weight excluding hydrogens is 516 g/mol. The van der Waals surface area contributed by atoms with E-state index < -0.39 is 28.2 Å². The highest BCUT2D eigenvalue weighted by Gasteiger charge is 2.40. The lowest BCUT2D eigenvalue weighted by Gasteiger charge is -2.17. The van der Waals surface area contributed by atoms with E-state index in [0.717, 1.165) is 20.8 Å². The number of carbonyl (C=O) groups excluding carboxylic acids is 2. The molecule has 2 heterocycles. The Kier molecular flexibility index (Phi) is 6.65. The molecular formula is C28H30N6O4S. The first-order chi connectivity index (χ1) is 18.4. The van der Waals surface area contributed by atoms with E-state index in [1.165, 1.54) is 0 Å². The number of nitrogens with one attached hydrogen (secondary N) is 3. The van der Waals surface area contributed by atoms with Crippen molar-refractivity contribution in [2.75, 3.05) is 10.6 Å². The van der Waals surface area contributed by atoms with Crippen LogP contribution in [0.25, 0.3) is 16.5 Å². The second-order valence-electron chi connectivity index (χ2n) is 10.5. The normalized spacial score (nSPS) is 17.2. The van der Waals surface area contributed by atoms with E-state index in [-0.39, 0.29) is 12.0 Å². The van der Waals surface area contributed by atoms with Gasteiger partial charge in [0, 0.05) is 23.4 Å². The molecule has 0 spiro atoms. The van der Waals surface area contributed by atoms with Gasteiger partial charge in [0.05, 0.1) is 17.1 Å². The van der Waals surface area contributed by atoms with Gasteiger partial charge in [-0.1, -0.05) is 69.3 Å². The van der Waals surface area contributed by atoms with Crippen molar-refractivity contribution in [2.45, 2.75) is 45.7 Å². The summed E-state index contributed by atoms with van der Waals surface area (Å²) >= 11 is 0. The minimum Gasteiger partial charge on any atom is -0.307 e. The van der Waals surface area contributed by atoms with Crippen LogP contribution in [0.4, 0.5) is 16.3 Å². The fourth-order valence-electron chi connectivity index (χ4n) is 4.44. The van der Waals surface area contributed by atoms with E-state index in [1.54, 1.807) is 29.8 Å². The first-order valence-corrected chi connectivity index (χ1v) is 14.0. The van der Waals surface area contributed by atoms with Crippen molar-refractivity contribution >= 4 is 44.4 Å². The average molecular weight is 547 g/mol. The second-order valence-corrected chi connectivity index (χ2v) is 12.2. The van der Waals surface area contributed by atoms with Crippen LogP contribution in [0.3, 0.4) is 0 Å². The van der Waals surface area contributed by atoms with E-state index in [9.17, 15) is 18.0 Å². The summed E-state index contributed by atoms with van der Waals surface area (Å²) in [5.74, 6) is -0.106. The molecule has 202 valence electrons. The topological polar surface area (TPSA) is 125 Å². The summed E-state index contributed by atoms with van der Waals surface area (Å²) in [6.45, 7) is 7.64.